The zero-order valence-corrected chi connectivity index (χ0v) is 17.1. The van der Waals surface area contributed by atoms with Gasteiger partial charge in [-0.15, -0.1) is 0 Å². The van der Waals surface area contributed by atoms with Gasteiger partial charge in [-0.3, -0.25) is 0 Å². The third-order valence-corrected chi connectivity index (χ3v) is 4.56. The lowest BCUT2D eigenvalue weighted by Gasteiger charge is -2.08. The number of nitrogens with one attached hydrogen (secondary N) is 1. The number of benzene rings is 2. The van der Waals surface area contributed by atoms with Gasteiger partial charge in [-0.1, -0.05) is 24.3 Å². The number of H-pyrrole nitrogens is 1. The number of aromatic amines is 1. The summed E-state index contributed by atoms with van der Waals surface area (Å²) in [6.07, 6.45) is 0. The van der Waals surface area contributed by atoms with Crippen LogP contribution in [0, 0.1) is 22.7 Å². The molecule has 7 nitrogen and oxygen atoms in total. The summed E-state index contributed by atoms with van der Waals surface area (Å²) >= 11 is 0. The molecular weight excluding hydrogens is 394 g/mol. The molecule has 0 radical (unpaired) electrons. The Balaban J connectivity index is 2.30. The quantitative estimate of drug-likeness (QED) is 0.597. The van der Waals surface area contributed by atoms with E-state index >= 15 is 0 Å². The first-order valence-electron chi connectivity index (χ1n) is 9.65. The molecule has 0 saturated carbocycles. The van der Waals surface area contributed by atoms with E-state index in [-0.39, 0.29) is 24.3 Å². The SMILES string of the molecule is CCOC(=O)c1c(-c2ccc(C#N)cc2)[nH]c(-c2ccc(C#N)cc2)c1C(=O)OCC. The highest BCUT2D eigenvalue weighted by Gasteiger charge is 2.31. The summed E-state index contributed by atoms with van der Waals surface area (Å²) < 4.78 is 10.5. The van der Waals surface area contributed by atoms with Gasteiger partial charge in [0.2, 0.25) is 0 Å². The van der Waals surface area contributed by atoms with Gasteiger partial charge in [0, 0.05) is 0 Å². The van der Waals surface area contributed by atoms with Crippen LogP contribution >= 0.6 is 0 Å². The van der Waals surface area contributed by atoms with Crippen molar-refractivity contribution in [1.29, 1.82) is 10.5 Å². The lowest BCUT2D eigenvalue weighted by Crippen LogP contribution is -2.13. The third kappa shape index (κ3) is 4.31. The number of carbonyl (C=O) groups excluding carboxylic acids is 2. The number of hydrogen-bond donors (Lipinski definition) is 1. The van der Waals surface area contributed by atoms with Gasteiger partial charge in [-0.2, -0.15) is 10.5 Å². The van der Waals surface area contributed by atoms with Crippen molar-refractivity contribution >= 4 is 11.9 Å². The first-order valence-corrected chi connectivity index (χ1v) is 9.65. The smallest absolute Gasteiger partial charge is 0.341 e. The van der Waals surface area contributed by atoms with Crippen LogP contribution < -0.4 is 0 Å². The maximum atomic E-state index is 12.9. The predicted molar refractivity (Wildman–Crippen MR) is 113 cm³/mol. The summed E-state index contributed by atoms with van der Waals surface area (Å²) in [4.78, 5) is 29.0. The second-order valence-electron chi connectivity index (χ2n) is 6.44. The van der Waals surface area contributed by atoms with Crippen LogP contribution in [-0.2, 0) is 9.47 Å². The molecule has 0 amide bonds. The molecule has 31 heavy (non-hydrogen) atoms. The standard InChI is InChI=1S/C24H19N3O4/c1-3-30-23(28)19-20(24(29)31-4-2)22(18-11-7-16(14-26)8-12-18)27-21(19)17-9-5-15(13-25)6-10-17/h5-12,27H,3-4H2,1-2H3. The van der Waals surface area contributed by atoms with Crippen molar-refractivity contribution < 1.29 is 19.1 Å². The zero-order valence-electron chi connectivity index (χ0n) is 17.1. The monoisotopic (exact) mass is 413 g/mol. The number of nitrogens with zero attached hydrogens (tertiary/aromatic N) is 2. The Bertz CT molecular complexity index is 1100. The van der Waals surface area contributed by atoms with Crippen molar-refractivity contribution in [3.05, 3.63) is 70.8 Å². The Kier molecular flexibility index (Phi) is 6.49. The van der Waals surface area contributed by atoms with E-state index in [2.05, 4.69) is 4.98 Å². The molecule has 3 aromatic rings. The Morgan fingerprint density at radius 3 is 1.39 bits per heavy atom. The minimum atomic E-state index is -0.666. The van der Waals surface area contributed by atoms with Gasteiger partial charge in [0.05, 0.1) is 47.9 Å². The van der Waals surface area contributed by atoms with Crippen molar-refractivity contribution in [3.8, 4) is 34.7 Å². The molecule has 1 N–H and O–H groups in total. The molecule has 7 heteroatoms. The Morgan fingerprint density at radius 2 is 1.10 bits per heavy atom. The fourth-order valence-electron chi connectivity index (χ4n) is 3.17. The average molecular weight is 413 g/mol. The minimum Gasteiger partial charge on any atom is -0.462 e. The average Bonchev–Trinajstić information content (AvgIpc) is 3.20. The molecule has 0 fully saturated rings. The molecule has 0 atom stereocenters. The fourth-order valence-corrected chi connectivity index (χ4v) is 3.17. The van der Waals surface area contributed by atoms with E-state index in [0.717, 1.165) is 0 Å². The Morgan fingerprint density at radius 1 is 0.742 bits per heavy atom. The predicted octanol–water partition coefficient (Wildman–Crippen LogP) is 4.45. The van der Waals surface area contributed by atoms with Crippen LogP contribution in [0.3, 0.4) is 0 Å². The molecule has 0 bridgehead atoms. The number of rotatable bonds is 6. The number of carbonyl (C=O) groups is 2. The summed E-state index contributed by atoms with van der Waals surface area (Å²) in [5, 5.41) is 18.1. The molecule has 3 rings (SSSR count). The number of hydrogen-bond acceptors (Lipinski definition) is 6. The highest BCUT2D eigenvalue weighted by atomic mass is 16.5. The van der Waals surface area contributed by atoms with Gasteiger partial charge in [-0.05, 0) is 49.2 Å². The first kappa shape index (κ1) is 21.4. The molecule has 1 heterocycles. The molecule has 0 aliphatic rings. The molecule has 0 unspecified atom stereocenters. The Labute approximate surface area is 179 Å². The number of esters is 2. The highest BCUT2D eigenvalue weighted by Crippen LogP contribution is 2.35. The second kappa shape index (κ2) is 9.43. The van der Waals surface area contributed by atoms with Crippen LogP contribution in [0.15, 0.2) is 48.5 Å². The molecule has 0 spiro atoms. The fraction of sp³-hybridized carbons (Fsp3) is 0.167. The van der Waals surface area contributed by atoms with Crippen molar-refractivity contribution in [2.45, 2.75) is 13.8 Å². The number of ether oxygens (including phenoxy) is 2. The zero-order chi connectivity index (χ0) is 22.4. The van der Waals surface area contributed by atoms with Crippen LogP contribution in [0.2, 0.25) is 0 Å². The molecule has 2 aromatic carbocycles. The maximum Gasteiger partial charge on any atom is 0.341 e. The van der Waals surface area contributed by atoms with Crippen molar-refractivity contribution in [2.75, 3.05) is 13.2 Å². The van der Waals surface area contributed by atoms with Crippen molar-refractivity contribution in [2.24, 2.45) is 0 Å². The van der Waals surface area contributed by atoms with E-state index in [1.165, 1.54) is 0 Å². The van der Waals surface area contributed by atoms with Gasteiger partial charge >= 0.3 is 11.9 Å². The van der Waals surface area contributed by atoms with Gasteiger partial charge in [0.1, 0.15) is 11.1 Å². The summed E-state index contributed by atoms with van der Waals surface area (Å²) in [6, 6.07) is 17.3. The molecular formula is C24H19N3O4. The van der Waals surface area contributed by atoms with Gasteiger partial charge in [0.15, 0.2) is 0 Å². The van der Waals surface area contributed by atoms with Crippen LogP contribution in [0.4, 0.5) is 0 Å². The molecule has 0 aliphatic carbocycles. The normalized spacial score (nSPS) is 10.1. The van der Waals surface area contributed by atoms with E-state index in [4.69, 9.17) is 20.0 Å². The largest absolute Gasteiger partial charge is 0.462 e. The lowest BCUT2D eigenvalue weighted by atomic mass is 10.0. The van der Waals surface area contributed by atoms with E-state index in [1.807, 2.05) is 12.1 Å². The van der Waals surface area contributed by atoms with E-state index in [1.54, 1.807) is 62.4 Å². The van der Waals surface area contributed by atoms with Crippen LogP contribution in [-0.4, -0.2) is 30.1 Å². The summed E-state index contributed by atoms with van der Waals surface area (Å²) in [6.45, 7) is 3.62. The van der Waals surface area contributed by atoms with E-state index in [0.29, 0.717) is 33.6 Å². The third-order valence-electron chi connectivity index (χ3n) is 4.56. The molecule has 1 aromatic heterocycles. The summed E-state index contributed by atoms with van der Waals surface area (Å²) in [7, 11) is 0. The van der Waals surface area contributed by atoms with Gasteiger partial charge in [0.25, 0.3) is 0 Å². The maximum absolute atomic E-state index is 12.9. The van der Waals surface area contributed by atoms with Gasteiger partial charge in [-0.25, -0.2) is 9.59 Å². The topological polar surface area (TPSA) is 116 Å². The Hall–Kier alpha value is -4.36. The van der Waals surface area contributed by atoms with Crippen LogP contribution in [0.25, 0.3) is 22.5 Å². The van der Waals surface area contributed by atoms with Crippen molar-refractivity contribution in [3.63, 3.8) is 0 Å². The molecule has 154 valence electrons. The van der Waals surface area contributed by atoms with Crippen LogP contribution in [0.5, 0.6) is 0 Å². The molecule has 0 aliphatic heterocycles. The summed E-state index contributed by atoms with van der Waals surface area (Å²) in [5.41, 5.74) is 3.02. The first-order chi connectivity index (χ1) is 15.0. The minimum absolute atomic E-state index is 0.0596. The highest BCUT2D eigenvalue weighted by molar-refractivity contribution is 6.11. The van der Waals surface area contributed by atoms with E-state index in [9.17, 15) is 9.59 Å². The van der Waals surface area contributed by atoms with Crippen LogP contribution in [0.1, 0.15) is 45.7 Å². The number of nitriles is 2. The second-order valence-corrected chi connectivity index (χ2v) is 6.44. The molecule has 0 saturated heterocycles. The van der Waals surface area contributed by atoms with Gasteiger partial charge < -0.3 is 14.5 Å². The van der Waals surface area contributed by atoms with Crippen molar-refractivity contribution in [1.82, 2.24) is 4.98 Å². The van der Waals surface area contributed by atoms with E-state index < -0.39 is 11.9 Å². The number of aromatic nitrogens is 1. The lowest BCUT2D eigenvalue weighted by molar-refractivity contribution is 0.0481. The summed E-state index contributed by atoms with van der Waals surface area (Å²) in [5.74, 6) is -1.33.